The Hall–Kier alpha value is -3.40. The summed E-state index contributed by atoms with van der Waals surface area (Å²) < 4.78 is 54.6. The Morgan fingerprint density at radius 3 is 2.54 bits per heavy atom. The Labute approximate surface area is 199 Å². The van der Waals surface area contributed by atoms with Crippen molar-refractivity contribution in [2.24, 2.45) is 5.41 Å². The van der Waals surface area contributed by atoms with Gasteiger partial charge in [0.05, 0.1) is 18.0 Å². The molecule has 0 aliphatic carbocycles. The van der Waals surface area contributed by atoms with Crippen LogP contribution in [0.15, 0.2) is 53.1 Å². The molecule has 0 bridgehead atoms. The molecule has 2 aliphatic rings. The number of hydrogen-bond acceptors (Lipinski definition) is 6. The number of alkyl halides is 3. The van der Waals surface area contributed by atoms with Crippen molar-refractivity contribution < 1.29 is 32.0 Å². The van der Waals surface area contributed by atoms with Crippen molar-refractivity contribution in [1.82, 2.24) is 15.0 Å². The third kappa shape index (κ3) is 4.62. The number of fused-ring (bicyclic) bond motifs is 1. The van der Waals surface area contributed by atoms with E-state index in [1.54, 1.807) is 18.2 Å². The van der Waals surface area contributed by atoms with Gasteiger partial charge in [-0.3, -0.25) is 4.79 Å². The Kier molecular flexibility index (Phi) is 6.00. The van der Waals surface area contributed by atoms with Gasteiger partial charge in [0.15, 0.2) is 0 Å². The molecule has 1 unspecified atom stereocenters. The van der Waals surface area contributed by atoms with Crippen LogP contribution >= 0.6 is 0 Å². The number of halogens is 3. The van der Waals surface area contributed by atoms with Crippen LogP contribution in [0.3, 0.4) is 0 Å². The standard InChI is InChI=1S/C25H24F3N3O4/c1-24(9-11-33-12-10-24)23(32)31-14-18-8-7-17(21-29-22(35-30-21)25(26,27)28)13-20(18)34-15-19(31)16-5-3-2-4-6-16/h2-8,13,19H,9-12,14-15H2,1H3. The minimum absolute atomic E-state index is 0.0307. The fourth-order valence-corrected chi connectivity index (χ4v) is 4.51. The molecular formula is C25H24F3N3O4. The summed E-state index contributed by atoms with van der Waals surface area (Å²) in [5, 5.41) is 3.46. The first-order chi connectivity index (χ1) is 16.7. The van der Waals surface area contributed by atoms with E-state index in [0.29, 0.717) is 43.9 Å². The van der Waals surface area contributed by atoms with Crippen LogP contribution in [0.25, 0.3) is 11.4 Å². The largest absolute Gasteiger partial charge is 0.491 e. The van der Waals surface area contributed by atoms with Gasteiger partial charge in [0.25, 0.3) is 0 Å². The van der Waals surface area contributed by atoms with Crippen molar-refractivity contribution in [1.29, 1.82) is 0 Å². The lowest BCUT2D eigenvalue weighted by Crippen LogP contribution is -2.47. The normalized spacial score (nSPS) is 20.0. The molecular weight excluding hydrogens is 463 g/mol. The first-order valence-corrected chi connectivity index (χ1v) is 11.4. The predicted molar refractivity (Wildman–Crippen MR) is 118 cm³/mol. The van der Waals surface area contributed by atoms with E-state index in [2.05, 4.69) is 14.7 Å². The molecule has 1 amide bonds. The Balaban J connectivity index is 1.49. The summed E-state index contributed by atoms with van der Waals surface area (Å²) in [6.45, 7) is 3.54. The molecule has 1 aromatic heterocycles. The monoisotopic (exact) mass is 487 g/mol. The third-order valence-corrected chi connectivity index (χ3v) is 6.67. The summed E-state index contributed by atoms with van der Waals surface area (Å²) in [6, 6.07) is 14.3. The molecule has 1 fully saturated rings. The molecule has 2 aliphatic heterocycles. The zero-order valence-electron chi connectivity index (χ0n) is 19.0. The van der Waals surface area contributed by atoms with Crippen molar-refractivity contribution in [3.8, 4) is 17.1 Å². The van der Waals surface area contributed by atoms with E-state index < -0.39 is 17.5 Å². The molecule has 1 atom stereocenters. The molecule has 5 rings (SSSR count). The second-order valence-corrected chi connectivity index (χ2v) is 9.09. The number of rotatable bonds is 3. The van der Waals surface area contributed by atoms with E-state index in [0.717, 1.165) is 11.1 Å². The van der Waals surface area contributed by atoms with E-state index in [9.17, 15) is 18.0 Å². The number of benzene rings is 2. The maximum Gasteiger partial charge on any atom is 0.471 e. The number of carbonyl (C=O) groups is 1. The van der Waals surface area contributed by atoms with Crippen molar-refractivity contribution in [2.45, 2.75) is 38.5 Å². The molecule has 0 N–H and O–H groups in total. The van der Waals surface area contributed by atoms with E-state index in [4.69, 9.17) is 9.47 Å². The van der Waals surface area contributed by atoms with Crippen molar-refractivity contribution in [3.63, 3.8) is 0 Å². The molecule has 7 nitrogen and oxygen atoms in total. The SMILES string of the molecule is CC1(C(=O)N2Cc3ccc(-c4noc(C(F)(F)F)n4)cc3OCC2c2ccccc2)CCOCC1. The van der Waals surface area contributed by atoms with Crippen LogP contribution in [0, 0.1) is 5.41 Å². The molecule has 0 spiro atoms. The van der Waals surface area contributed by atoms with Gasteiger partial charge in [-0.1, -0.05) is 54.5 Å². The van der Waals surface area contributed by atoms with Crippen LogP contribution in [0.4, 0.5) is 13.2 Å². The van der Waals surface area contributed by atoms with E-state index >= 15 is 0 Å². The van der Waals surface area contributed by atoms with Crippen LogP contribution in [0.5, 0.6) is 5.75 Å². The number of ether oxygens (including phenoxy) is 2. The lowest BCUT2D eigenvalue weighted by Gasteiger charge is -2.39. The lowest BCUT2D eigenvalue weighted by atomic mass is 9.80. The fourth-order valence-electron chi connectivity index (χ4n) is 4.51. The highest BCUT2D eigenvalue weighted by Gasteiger charge is 2.42. The third-order valence-electron chi connectivity index (χ3n) is 6.67. The summed E-state index contributed by atoms with van der Waals surface area (Å²) in [7, 11) is 0. The van der Waals surface area contributed by atoms with Gasteiger partial charge in [-0.15, -0.1) is 0 Å². The highest BCUT2D eigenvalue weighted by molar-refractivity contribution is 5.83. The second-order valence-electron chi connectivity index (χ2n) is 9.09. The van der Waals surface area contributed by atoms with Gasteiger partial charge in [-0.2, -0.15) is 18.2 Å². The van der Waals surface area contributed by atoms with Crippen LogP contribution in [-0.4, -0.2) is 40.8 Å². The number of hydrogen-bond donors (Lipinski definition) is 0. The Morgan fingerprint density at radius 2 is 1.86 bits per heavy atom. The molecule has 10 heteroatoms. The van der Waals surface area contributed by atoms with Crippen molar-refractivity contribution in [2.75, 3.05) is 19.8 Å². The van der Waals surface area contributed by atoms with Gasteiger partial charge < -0.3 is 18.9 Å². The molecule has 184 valence electrons. The maximum atomic E-state index is 13.9. The smallest absolute Gasteiger partial charge is 0.471 e. The Morgan fingerprint density at radius 1 is 1.11 bits per heavy atom. The van der Waals surface area contributed by atoms with Gasteiger partial charge in [0, 0.05) is 24.3 Å². The summed E-state index contributed by atoms with van der Waals surface area (Å²) in [5.41, 5.74) is 1.47. The molecule has 0 radical (unpaired) electrons. The second kappa shape index (κ2) is 8.99. The predicted octanol–water partition coefficient (Wildman–Crippen LogP) is 5.03. The highest BCUT2D eigenvalue weighted by Crippen LogP contribution is 2.40. The van der Waals surface area contributed by atoms with Crippen LogP contribution in [-0.2, 0) is 22.3 Å². The summed E-state index contributed by atoms with van der Waals surface area (Å²) >= 11 is 0. The molecule has 2 aromatic carbocycles. The average molecular weight is 487 g/mol. The van der Waals surface area contributed by atoms with Gasteiger partial charge >= 0.3 is 12.1 Å². The fraction of sp³-hybridized carbons (Fsp3) is 0.400. The zero-order valence-corrected chi connectivity index (χ0v) is 19.0. The number of carbonyl (C=O) groups excluding carboxylic acids is 1. The maximum absolute atomic E-state index is 13.9. The topological polar surface area (TPSA) is 77.7 Å². The highest BCUT2D eigenvalue weighted by atomic mass is 19.4. The summed E-state index contributed by atoms with van der Waals surface area (Å²) in [5.74, 6) is -1.10. The van der Waals surface area contributed by atoms with Crippen molar-refractivity contribution >= 4 is 5.91 Å². The first kappa shape index (κ1) is 23.3. The van der Waals surface area contributed by atoms with E-state index in [-0.39, 0.29) is 24.4 Å². The molecule has 3 aromatic rings. The summed E-state index contributed by atoms with van der Waals surface area (Å²) in [4.78, 5) is 19.2. The number of aromatic nitrogens is 2. The quantitative estimate of drug-likeness (QED) is 0.516. The minimum atomic E-state index is -4.72. The number of amides is 1. The van der Waals surface area contributed by atoms with E-state index in [1.807, 2.05) is 42.2 Å². The molecule has 1 saturated heterocycles. The minimum Gasteiger partial charge on any atom is -0.491 e. The van der Waals surface area contributed by atoms with Gasteiger partial charge in [0.1, 0.15) is 12.4 Å². The van der Waals surface area contributed by atoms with Gasteiger partial charge in [-0.25, -0.2) is 0 Å². The number of nitrogens with zero attached hydrogens (tertiary/aromatic N) is 3. The molecule has 0 saturated carbocycles. The summed E-state index contributed by atoms with van der Waals surface area (Å²) in [6.07, 6.45) is -3.46. The van der Waals surface area contributed by atoms with E-state index in [1.165, 1.54) is 0 Å². The van der Waals surface area contributed by atoms with Crippen molar-refractivity contribution in [3.05, 3.63) is 65.5 Å². The lowest BCUT2D eigenvalue weighted by molar-refractivity contribution is -0.159. The van der Waals surface area contributed by atoms with Crippen LogP contribution in [0.1, 0.15) is 42.8 Å². The Bertz CT molecular complexity index is 1210. The van der Waals surface area contributed by atoms with Gasteiger partial charge in [-0.05, 0) is 24.5 Å². The average Bonchev–Trinajstić information content (AvgIpc) is 3.28. The van der Waals surface area contributed by atoms with Gasteiger partial charge in [0.2, 0.25) is 11.7 Å². The molecule has 35 heavy (non-hydrogen) atoms. The van der Waals surface area contributed by atoms with Crippen LogP contribution in [0.2, 0.25) is 0 Å². The van der Waals surface area contributed by atoms with Crippen LogP contribution < -0.4 is 4.74 Å². The zero-order chi connectivity index (χ0) is 24.6. The molecule has 3 heterocycles. The first-order valence-electron chi connectivity index (χ1n) is 11.4.